The first kappa shape index (κ1) is 25.5. The molecule has 1 aromatic heterocycles. The lowest BCUT2D eigenvalue weighted by Crippen LogP contribution is -2.46. The summed E-state index contributed by atoms with van der Waals surface area (Å²) in [4.78, 5) is 31.1. The van der Waals surface area contributed by atoms with Gasteiger partial charge in [-0.2, -0.15) is 0 Å². The highest BCUT2D eigenvalue weighted by molar-refractivity contribution is 7.17. The van der Waals surface area contributed by atoms with E-state index in [0.29, 0.717) is 43.9 Å². The largest absolute Gasteiger partial charge is 0.494 e. The predicted molar refractivity (Wildman–Crippen MR) is 149 cm³/mol. The Morgan fingerprint density at radius 3 is 2.68 bits per heavy atom. The van der Waals surface area contributed by atoms with Gasteiger partial charge in [0.2, 0.25) is 5.91 Å². The minimum Gasteiger partial charge on any atom is -0.494 e. The molecule has 2 amide bonds. The van der Waals surface area contributed by atoms with Crippen LogP contribution in [0.5, 0.6) is 5.75 Å². The van der Waals surface area contributed by atoms with Crippen LogP contribution >= 0.6 is 11.3 Å². The molecule has 0 spiro atoms. The van der Waals surface area contributed by atoms with Crippen LogP contribution in [0.3, 0.4) is 0 Å². The maximum atomic E-state index is 12.5. The van der Waals surface area contributed by atoms with Crippen molar-refractivity contribution in [3.05, 3.63) is 53.4 Å². The Morgan fingerprint density at radius 2 is 1.84 bits per heavy atom. The summed E-state index contributed by atoms with van der Waals surface area (Å²) in [6.07, 6.45) is 3.07. The second-order valence-corrected chi connectivity index (χ2v) is 10.6. The van der Waals surface area contributed by atoms with Gasteiger partial charge in [0.1, 0.15) is 5.75 Å². The third-order valence-electron chi connectivity index (χ3n) is 7.09. The Morgan fingerprint density at radius 1 is 0.973 bits per heavy atom. The maximum Gasteiger partial charge on any atom is 0.421 e. The molecule has 7 nitrogen and oxygen atoms in total. The molecule has 3 aromatic rings. The van der Waals surface area contributed by atoms with Crippen molar-refractivity contribution in [1.82, 2.24) is 4.90 Å². The molecule has 0 N–H and O–H groups in total. The van der Waals surface area contributed by atoms with Crippen LogP contribution in [0, 0.1) is 0 Å². The number of carbonyl (C=O) groups is 2. The third-order valence-corrected chi connectivity index (χ3v) is 7.97. The van der Waals surface area contributed by atoms with E-state index in [1.807, 2.05) is 19.1 Å². The SMILES string of the molecule is CCCOC(=O)N1C(=O)CCc2ccc(OCCCCN3CCN(c4cccc5sccc45)CC3)cc21. The van der Waals surface area contributed by atoms with Crippen LogP contribution in [0.25, 0.3) is 10.1 Å². The van der Waals surface area contributed by atoms with E-state index in [2.05, 4.69) is 39.4 Å². The van der Waals surface area contributed by atoms with E-state index in [9.17, 15) is 9.59 Å². The molecule has 2 aromatic carbocycles. The van der Waals surface area contributed by atoms with Gasteiger partial charge in [-0.25, -0.2) is 9.69 Å². The molecule has 1 fully saturated rings. The van der Waals surface area contributed by atoms with Crippen molar-refractivity contribution < 1.29 is 19.1 Å². The van der Waals surface area contributed by atoms with Crippen molar-refractivity contribution in [2.45, 2.75) is 39.0 Å². The Kier molecular flexibility index (Phi) is 8.26. The Balaban J connectivity index is 1.07. The molecule has 0 atom stereocenters. The van der Waals surface area contributed by atoms with Gasteiger partial charge in [0, 0.05) is 54.4 Å². The van der Waals surface area contributed by atoms with Gasteiger partial charge < -0.3 is 14.4 Å². The van der Waals surface area contributed by atoms with Crippen LogP contribution in [0.4, 0.5) is 16.2 Å². The first-order valence-electron chi connectivity index (χ1n) is 13.3. The number of amides is 2. The summed E-state index contributed by atoms with van der Waals surface area (Å²) in [5, 5.41) is 3.54. The zero-order valence-electron chi connectivity index (χ0n) is 21.5. The second-order valence-electron chi connectivity index (χ2n) is 9.63. The van der Waals surface area contributed by atoms with Gasteiger partial charge in [0.05, 0.1) is 18.9 Å². The van der Waals surface area contributed by atoms with E-state index in [-0.39, 0.29) is 5.91 Å². The number of hydrogen-bond acceptors (Lipinski definition) is 7. The molecule has 0 bridgehead atoms. The van der Waals surface area contributed by atoms with Gasteiger partial charge >= 0.3 is 6.09 Å². The van der Waals surface area contributed by atoms with E-state index in [0.717, 1.165) is 51.1 Å². The molecule has 8 heteroatoms. The summed E-state index contributed by atoms with van der Waals surface area (Å²) < 4.78 is 12.6. The number of rotatable bonds is 9. The molecule has 2 aliphatic heterocycles. The Labute approximate surface area is 222 Å². The first-order valence-corrected chi connectivity index (χ1v) is 14.2. The normalized spacial score (nSPS) is 16.2. The van der Waals surface area contributed by atoms with Gasteiger partial charge in [0.25, 0.3) is 0 Å². The lowest BCUT2D eigenvalue weighted by atomic mass is 10.0. The van der Waals surface area contributed by atoms with Crippen LogP contribution in [-0.4, -0.2) is 62.8 Å². The van der Waals surface area contributed by atoms with E-state index in [4.69, 9.17) is 9.47 Å². The summed E-state index contributed by atoms with van der Waals surface area (Å²) in [6.45, 7) is 8.15. The molecule has 2 aliphatic rings. The van der Waals surface area contributed by atoms with Crippen LogP contribution in [0.1, 0.15) is 38.2 Å². The number of anilines is 2. The molecule has 37 heavy (non-hydrogen) atoms. The van der Waals surface area contributed by atoms with E-state index < -0.39 is 6.09 Å². The zero-order valence-corrected chi connectivity index (χ0v) is 22.3. The number of nitrogens with zero attached hydrogens (tertiary/aromatic N) is 3. The van der Waals surface area contributed by atoms with Gasteiger partial charge in [-0.15, -0.1) is 11.3 Å². The topological polar surface area (TPSA) is 62.3 Å². The number of carbonyl (C=O) groups excluding carboxylic acids is 2. The van der Waals surface area contributed by atoms with Crippen LogP contribution in [0.2, 0.25) is 0 Å². The number of hydrogen-bond donors (Lipinski definition) is 0. The summed E-state index contributed by atoms with van der Waals surface area (Å²) >= 11 is 1.80. The number of thiophene rings is 1. The van der Waals surface area contributed by atoms with Gasteiger partial charge in [-0.3, -0.25) is 9.69 Å². The lowest BCUT2D eigenvalue weighted by Gasteiger charge is -2.36. The molecule has 1 saturated heterocycles. The number of unbranched alkanes of at least 4 members (excludes halogenated alkanes) is 1. The quantitative estimate of drug-likeness (QED) is 0.336. The number of fused-ring (bicyclic) bond motifs is 2. The fraction of sp³-hybridized carbons (Fsp3) is 0.448. The third kappa shape index (κ3) is 5.91. The van der Waals surface area contributed by atoms with Gasteiger partial charge in [0.15, 0.2) is 0 Å². The van der Waals surface area contributed by atoms with Gasteiger partial charge in [-0.1, -0.05) is 19.1 Å². The molecule has 196 valence electrons. The van der Waals surface area contributed by atoms with Crippen LogP contribution in [-0.2, 0) is 16.0 Å². The smallest absolute Gasteiger partial charge is 0.421 e. The highest BCUT2D eigenvalue weighted by atomic mass is 32.1. The fourth-order valence-corrected chi connectivity index (χ4v) is 5.90. The van der Waals surface area contributed by atoms with Crippen molar-refractivity contribution in [3.8, 4) is 5.75 Å². The molecular formula is C29H35N3O4S. The van der Waals surface area contributed by atoms with E-state index in [1.165, 1.54) is 20.7 Å². The maximum absolute atomic E-state index is 12.5. The monoisotopic (exact) mass is 521 g/mol. The average molecular weight is 522 g/mol. The number of piperazine rings is 1. The number of aryl methyl sites for hydroxylation is 1. The highest BCUT2D eigenvalue weighted by Crippen LogP contribution is 2.33. The highest BCUT2D eigenvalue weighted by Gasteiger charge is 2.31. The molecule has 5 rings (SSSR count). The number of imide groups is 1. The Hall–Kier alpha value is -3.10. The molecule has 0 aliphatic carbocycles. The second kappa shape index (κ2) is 12.0. The number of benzene rings is 2. The summed E-state index contributed by atoms with van der Waals surface area (Å²) in [5.41, 5.74) is 2.91. The Bertz CT molecular complexity index is 1230. The van der Waals surface area contributed by atoms with Crippen molar-refractivity contribution in [1.29, 1.82) is 0 Å². The summed E-state index contributed by atoms with van der Waals surface area (Å²) in [6, 6.07) is 14.5. The van der Waals surface area contributed by atoms with Gasteiger partial charge in [-0.05, 0) is 67.4 Å². The fourth-order valence-electron chi connectivity index (χ4n) is 5.09. The van der Waals surface area contributed by atoms with Crippen LogP contribution < -0.4 is 14.5 Å². The molecule has 0 saturated carbocycles. The first-order chi connectivity index (χ1) is 18.1. The number of ether oxygens (including phenoxy) is 2. The van der Waals surface area contributed by atoms with E-state index in [1.54, 1.807) is 17.4 Å². The molecule has 0 radical (unpaired) electrons. The molecular weight excluding hydrogens is 486 g/mol. The molecule has 3 heterocycles. The minimum absolute atomic E-state index is 0.224. The average Bonchev–Trinajstić information content (AvgIpc) is 3.41. The van der Waals surface area contributed by atoms with E-state index >= 15 is 0 Å². The summed E-state index contributed by atoms with van der Waals surface area (Å²) in [5.74, 6) is 0.454. The van der Waals surface area contributed by atoms with Crippen molar-refractivity contribution >= 4 is 44.8 Å². The van der Waals surface area contributed by atoms with Crippen LogP contribution in [0.15, 0.2) is 47.8 Å². The van der Waals surface area contributed by atoms with Crippen molar-refractivity contribution in [2.75, 3.05) is 55.7 Å². The predicted octanol–water partition coefficient (Wildman–Crippen LogP) is 5.71. The zero-order chi connectivity index (χ0) is 25.6. The summed E-state index contributed by atoms with van der Waals surface area (Å²) in [7, 11) is 0. The minimum atomic E-state index is -0.600. The van der Waals surface area contributed by atoms with Crippen molar-refractivity contribution in [3.63, 3.8) is 0 Å². The van der Waals surface area contributed by atoms with Crippen molar-refractivity contribution in [2.24, 2.45) is 0 Å². The standard InChI is InChI=1S/C29H35N3O4S/c1-2-18-36-29(34)32-26-21-23(10-8-22(26)9-11-28(32)33)35-19-4-3-13-30-14-16-31(17-15-30)25-6-5-7-27-24(25)12-20-37-27/h5-8,10,12,20-21H,2-4,9,11,13-19H2,1H3. The molecule has 0 unspecified atom stereocenters. The lowest BCUT2D eigenvalue weighted by molar-refractivity contribution is -0.118.